The molecule has 0 saturated heterocycles. The first kappa shape index (κ1) is 16.7. The maximum absolute atomic E-state index is 13.5. The standard InChI is InChI=1S/C17H15F5N2/c1-2-24-13-6-4-3-5-11(13)12-9-10(7-8-14(12)24)15(23)16(18,19)17(20,21)22/h3-9,15H,2,23H2,1H3/t15-/m0/s1. The average Bonchev–Trinajstić information content (AvgIpc) is 2.86. The molecule has 2 aromatic carbocycles. The molecule has 1 atom stereocenters. The van der Waals surface area contributed by atoms with E-state index < -0.39 is 18.1 Å². The lowest BCUT2D eigenvalue weighted by Gasteiger charge is -2.26. The second kappa shape index (κ2) is 5.44. The summed E-state index contributed by atoms with van der Waals surface area (Å²) in [6.07, 6.45) is -5.70. The Morgan fingerprint density at radius 3 is 2.21 bits per heavy atom. The molecule has 0 aliphatic rings. The van der Waals surface area contributed by atoms with Crippen LogP contribution in [-0.4, -0.2) is 16.7 Å². The lowest BCUT2D eigenvalue weighted by atomic mass is 9.99. The van der Waals surface area contributed by atoms with Crippen molar-refractivity contribution in [1.82, 2.24) is 4.57 Å². The molecular formula is C17H15F5N2. The molecule has 0 spiro atoms. The molecule has 0 aliphatic heterocycles. The number of hydrogen-bond acceptors (Lipinski definition) is 1. The molecule has 2 nitrogen and oxygen atoms in total. The Balaban J connectivity index is 2.21. The van der Waals surface area contributed by atoms with Crippen LogP contribution in [0.2, 0.25) is 0 Å². The predicted molar refractivity (Wildman–Crippen MR) is 83.0 cm³/mol. The maximum atomic E-state index is 13.5. The molecular weight excluding hydrogens is 327 g/mol. The Morgan fingerprint density at radius 1 is 0.958 bits per heavy atom. The smallest absolute Gasteiger partial charge is 0.341 e. The van der Waals surface area contributed by atoms with Gasteiger partial charge < -0.3 is 10.3 Å². The van der Waals surface area contributed by atoms with Crippen molar-refractivity contribution in [2.45, 2.75) is 31.6 Å². The van der Waals surface area contributed by atoms with Crippen molar-refractivity contribution in [2.24, 2.45) is 5.73 Å². The zero-order valence-electron chi connectivity index (χ0n) is 12.7. The number of benzene rings is 2. The summed E-state index contributed by atoms with van der Waals surface area (Å²) < 4.78 is 66.7. The van der Waals surface area contributed by atoms with Crippen molar-refractivity contribution in [1.29, 1.82) is 0 Å². The summed E-state index contributed by atoms with van der Waals surface area (Å²) in [5, 5.41) is 1.40. The van der Waals surface area contributed by atoms with Gasteiger partial charge in [0, 0.05) is 28.4 Å². The minimum atomic E-state index is -5.70. The first-order valence-electron chi connectivity index (χ1n) is 7.39. The number of aryl methyl sites for hydroxylation is 1. The normalized spacial score (nSPS) is 14.5. The van der Waals surface area contributed by atoms with E-state index >= 15 is 0 Å². The van der Waals surface area contributed by atoms with E-state index in [2.05, 4.69) is 0 Å². The number of halogens is 5. The number of hydrogen-bond donors (Lipinski definition) is 1. The van der Waals surface area contributed by atoms with Crippen LogP contribution in [0.4, 0.5) is 22.0 Å². The number of fused-ring (bicyclic) bond motifs is 3. The van der Waals surface area contributed by atoms with E-state index in [-0.39, 0.29) is 5.56 Å². The number of rotatable bonds is 3. The molecule has 128 valence electrons. The van der Waals surface area contributed by atoms with Gasteiger partial charge in [0.1, 0.15) is 6.04 Å². The lowest BCUT2D eigenvalue weighted by Crippen LogP contribution is -2.45. The van der Waals surface area contributed by atoms with Crippen LogP contribution >= 0.6 is 0 Å². The predicted octanol–water partition coefficient (Wildman–Crippen LogP) is 5.01. The molecule has 1 aromatic heterocycles. The summed E-state index contributed by atoms with van der Waals surface area (Å²) in [7, 11) is 0. The lowest BCUT2D eigenvalue weighted by molar-refractivity contribution is -0.290. The number of nitrogens with two attached hydrogens (primary N) is 1. The van der Waals surface area contributed by atoms with Gasteiger partial charge in [-0.2, -0.15) is 22.0 Å². The summed E-state index contributed by atoms with van der Waals surface area (Å²) in [6, 6.07) is 8.97. The van der Waals surface area contributed by atoms with E-state index in [4.69, 9.17) is 5.73 Å². The van der Waals surface area contributed by atoms with Crippen molar-refractivity contribution in [3.63, 3.8) is 0 Å². The zero-order valence-corrected chi connectivity index (χ0v) is 12.7. The summed E-state index contributed by atoms with van der Waals surface area (Å²) in [6.45, 7) is 2.58. The number of aromatic nitrogens is 1. The van der Waals surface area contributed by atoms with Crippen LogP contribution < -0.4 is 5.73 Å². The van der Waals surface area contributed by atoms with Crippen molar-refractivity contribution in [2.75, 3.05) is 0 Å². The third-order valence-electron chi connectivity index (χ3n) is 4.24. The molecule has 3 aromatic rings. The Bertz CT molecular complexity index is 895. The molecule has 3 rings (SSSR count). The monoisotopic (exact) mass is 342 g/mol. The summed E-state index contributed by atoms with van der Waals surface area (Å²) >= 11 is 0. The van der Waals surface area contributed by atoms with E-state index in [0.717, 1.165) is 16.4 Å². The minimum Gasteiger partial charge on any atom is -0.341 e. The van der Waals surface area contributed by atoms with E-state index in [9.17, 15) is 22.0 Å². The van der Waals surface area contributed by atoms with Crippen molar-refractivity contribution in [3.05, 3.63) is 48.0 Å². The number of alkyl halides is 5. The molecule has 7 heteroatoms. The minimum absolute atomic E-state index is 0.246. The van der Waals surface area contributed by atoms with Gasteiger partial charge in [-0.3, -0.25) is 0 Å². The van der Waals surface area contributed by atoms with Gasteiger partial charge in [0.25, 0.3) is 0 Å². The zero-order chi connectivity index (χ0) is 17.7. The fourth-order valence-corrected chi connectivity index (χ4v) is 2.99. The van der Waals surface area contributed by atoms with Gasteiger partial charge in [0.15, 0.2) is 0 Å². The van der Waals surface area contributed by atoms with Crippen LogP contribution in [0.3, 0.4) is 0 Å². The SMILES string of the molecule is CCn1c2ccccc2c2cc([C@H](N)C(F)(F)C(F)(F)F)ccc21. The Hall–Kier alpha value is -2.15. The molecule has 0 saturated carbocycles. The molecule has 24 heavy (non-hydrogen) atoms. The molecule has 0 aliphatic carbocycles. The summed E-state index contributed by atoms with van der Waals surface area (Å²) in [5.41, 5.74) is 6.67. The van der Waals surface area contributed by atoms with E-state index in [1.807, 2.05) is 23.6 Å². The van der Waals surface area contributed by atoms with Gasteiger partial charge >= 0.3 is 12.1 Å². The van der Waals surface area contributed by atoms with E-state index in [1.54, 1.807) is 18.2 Å². The highest BCUT2D eigenvalue weighted by atomic mass is 19.4. The maximum Gasteiger partial charge on any atom is 0.455 e. The second-order valence-corrected chi connectivity index (χ2v) is 5.64. The van der Waals surface area contributed by atoms with Crippen LogP contribution in [0.25, 0.3) is 21.8 Å². The first-order chi connectivity index (χ1) is 11.2. The Kier molecular flexibility index (Phi) is 3.79. The van der Waals surface area contributed by atoms with Gasteiger partial charge in [-0.25, -0.2) is 0 Å². The molecule has 0 bridgehead atoms. The molecule has 2 N–H and O–H groups in total. The van der Waals surface area contributed by atoms with Gasteiger partial charge in [0.2, 0.25) is 0 Å². The molecule has 0 amide bonds. The van der Waals surface area contributed by atoms with Crippen molar-refractivity contribution >= 4 is 21.8 Å². The van der Waals surface area contributed by atoms with E-state index in [0.29, 0.717) is 11.9 Å². The molecule has 0 radical (unpaired) electrons. The third-order valence-corrected chi connectivity index (χ3v) is 4.24. The van der Waals surface area contributed by atoms with Crippen LogP contribution in [0, 0.1) is 0 Å². The van der Waals surface area contributed by atoms with Gasteiger partial charge in [0.05, 0.1) is 0 Å². The number of nitrogens with zero attached hydrogens (tertiary/aromatic N) is 1. The van der Waals surface area contributed by atoms with Crippen LogP contribution in [0.5, 0.6) is 0 Å². The van der Waals surface area contributed by atoms with Crippen LogP contribution in [-0.2, 0) is 6.54 Å². The molecule has 1 heterocycles. The van der Waals surface area contributed by atoms with Crippen LogP contribution in [0.15, 0.2) is 42.5 Å². The first-order valence-corrected chi connectivity index (χ1v) is 7.39. The van der Waals surface area contributed by atoms with Crippen molar-refractivity contribution in [3.8, 4) is 0 Å². The summed E-state index contributed by atoms with van der Waals surface area (Å²) in [5.74, 6) is -5.00. The summed E-state index contributed by atoms with van der Waals surface area (Å²) in [4.78, 5) is 0. The Labute approximate surface area is 134 Å². The molecule has 0 fully saturated rings. The number of para-hydroxylation sites is 1. The second-order valence-electron chi connectivity index (χ2n) is 5.64. The Morgan fingerprint density at radius 2 is 1.58 bits per heavy atom. The largest absolute Gasteiger partial charge is 0.455 e. The molecule has 0 unspecified atom stereocenters. The van der Waals surface area contributed by atoms with Gasteiger partial charge in [-0.15, -0.1) is 0 Å². The highest BCUT2D eigenvalue weighted by Gasteiger charge is 2.61. The van der Waals surface area contributed by atoms with Crippen molar-refractivity contribution < 1.29 is 22.0 Å². The average molecular weight is 342 g/mol. The quantitative estimate of drug-likeness (QED) is 0.666. The highest BCUT2D eigenvalue weighted by molar-refractivity contribution is 6.08. The van der Waals surface area contributed by atoms with Gasteiger partial charge in [-0.1, -0.05) is 24.3 Å². The highest BCUT2D eigenvalue weighted by Crippen LogP contribution is 2.44. The van der Waals surface area contributed by atoms with Gasteiger partial charge in [-0.05, 0) is 30.7 Å². The third kappa shape index (κ3) is 2.34. The van der Waals surface area contributed by atoms with E-state index in [1.165, 1.54) is 12.1 Å². The fraction of sp³-hybridized carbons (Fsp3) is 0.294. The van der Waals surface area contributed by atoms with Crippen LogP contribution in [0.1, 0.15) is 18.5 Å². The fourth-order valence-electron chi connectivity index (χ4n) is 2.99. The topological polar surface area (TPSA) is 30.9 Å².